The maximum Gasteiger partial charge on any atom is 0.254 e. The molecule has 0 spiro atoms. The van der Waals surface area contributed by atoms with Gasteiger partial charge in [0.15, 0.2) is 0 Å². The van der Waals surface area contributed by atoms with Gasteiger partial charge in [0, 0.05) is 48.1 Å². The number of amides is 1. The minimum atomic E-state index is 0.0496. The zero-order valence-electron chi connectivity index (χ0n) is 17.0. The van der Waals surface area contributed by atoms with Crippen molar-refractivity contribution in [2.75, 3.05) is 39.8 Å². The molecule has 0 radical (unpaired) electrons. The zero-order chi connectivity index (χ0) is 21.1. The van der Waals surface area contributed by atoms with E-state index in [0.717, 1.165) is 52.0 Å². The Morgan fingerprint density at radius 3 is 2.53 bits per heavy atom. The van der Waals surface area contributed by atoms with Crippen LogP contribution in [0.15, 0.2) is 65.7 Å². The molecule has 6 heteroatoms. The number of methoxy groups -OCH3 is 1. The van der Waals surface area contributed by atoms with Crippen LogP contribution < -0.4 is 4.74 Å². The molecule has 4 rings (SSSR count). The van der Waals surface area contributed by atoms with Crippen LogP contribution in [0.25, 0.3) is 22.2 Å². The molecular formula is C24H24BrN3O2. The fraction of sp³-hybridized carbons (Fsp3) is 0.250. The first-order valence-corrected chi connectivity index (χ1v) is 10.8. The molecule has 1 saturated heterocycles. The summed E-state index contributed by atoms with van der Waals surface area (Å²) in [5.74, 6) is 0.839. The highest BCUT2D eigenvalue weighted by molar-refractivity contribution is 9.10. The van der Waals surface area contributed by atoms with E-state index >= 15 is 0 Å². The van der Waals surface area contributed by atoms with E-state index in [1.54, 1.807) is 7.11 Å². The van der Waals surface area contributed by atoms with Crippen molar-refractivity contribution in [2.45, 2.75) is 0 Å². The number of halogens is 1. The molecule has 1 aliphatic rings. The van der Waals surface area contributed by atoms with Gasteiger partial charge in [-0.1, -0.05) is 22.0 Å². The Bertz CT molecular complexity index is 1070. The van der Waals surface area contributed by atoms with Crippen LogP contribution in [0.3, 0.4) is 0 Å². The van der Waals surface area contributed by atoms with E-state index in [9.17, 15) is 4.79 Å². The first-order chi connectivity index (χ1) is 14.6. The lowest BCUT2D eigenvalue weighted by Crippen LogP contribution is -2.48. The third-order valence-corrected chi connectivity index (χ3v) is 5.93. The largest absolute Gasteiger partial charge is 0.497 e. The number of nitrogens with zero attached hydrogens (tertiary/aromatic N) is 3. The molecule has 30 heavy (non-hydrogen) atoms. The van der Waals surface area contributed by atoms with Gasteiger partial charge >= 0.3 is 0 Å². The molecule has 2 aromatic carbocycles. The summed E-state index contributed by atoms with van der Waals surface area (Å²) < 4.78 is 6.19. The Balaban J connectivity index is 1.72. The number of benzene rings is 2. The molecule has 1 aromatic heterocycles. The lowest BCUT2D eigenvalue weighted by molar-refractivity contribution is 0.0652. The average molecular weight is 466 g/mol. The van der Waals surface area contributed by atoms with Gasteiger partial charge in [-0.05, 0) is 48.5 Å². The van der Waals surface area contributed by atoms with Gasteiger partial charge in [0.05, 0.1) is 23.9 Å². The molecule has 0 bridgehead atoms. The van der Waals surface area contributed by atoms with Crippen molar-refractivity contribution in [2.24, 2.45) is 0 Å². The Kier molecular flexibility index (Phi) is 6.16. The van der Waals surface area contributed by atoms with Crippen molar-refractivity contribution in [1.29, 1.82) is 0 Å². The predicted molar refractivity (Wildman–Crippen MR) is 124 cm³/mol. The molecule has 1 amide bonds. The summed E-state index contributed by atoms with van der Waals surface area (Å²) in [5, 5.41) is 0.861. The first kappa shape index (κ1) is 20.6. The molecule has 0 unspecified atom stereocenters. The molecule has 0 N–H and O–H groups in total. The molecule has 154 valence electrons. The molecular weight excluding hydrogens is 442 g/mol. The summed E-state index contributed by atoms with van der Waals surface area (Å²) in [4.78, 5) is 22.6. The van der Waals surface area contributed by atoms with Gasteiger partial charge < -0.3 is 9.64 Å². The van der Waals surface area contributed by atoms with E-state index < -0.39 is 0 Å². The van der Waals surface area contributed by atoms with Crippen LogP contribution in [0.2, 0.25) is 0 Å². The van der Waals surface area contributed by atoms with Crippen molar-refractivity contribution < 1.29 is 9.53 Å². The smallest absolute Gasteiger partial charge is 0.254 e. The fourth-order valence-corrected chi connectivity index (χ4v) is 4.13. The summed E-state index contributed by atoms with van der Waals surface area (Å²) >= 11 is 3.53. The summed E-state index contributed by atoms with van der Waals surface area (Å²) in [6, 6.07) is 15.5. The fourth-order valence-electron chi connectivity index (χ4n) is 3.77. The van der Waals surface area contributed by atoms with E-state index in [4.69, 9.17) is 9.72 Å². The van der Waals surface area contributed by atoms with E-state index in [0.29, 0.717) is 18.7 Å². The predicted octanol–water partition coefficient (Wildman–Crippen LogP) is 4.62. The van der Waals surface area contributed by atoms with Gasteiger partial charge in [-0.2, -0.15) is 0 Å². The number of rotatable bonds is 5. The van der Waals surface area contributed by atoms with Gasteiger partial charge in [0.2, 0.25) is 0 Å². The third kappa shape index (κ3) is 4.25. The lowest BCUT2D eigenvalue weighted by atomic mass is 10.0. The number of carbonyl (C=O) groups excluding carboxylic acids is 1. The van der Waals surface area contributed by atoms with Gasteiger partial charge in [-0.15, -0.1) is 6.58 Å². The van der Waals surface area contributed by atoms with Crippen LogP contribution >= 0.6 is 15.9 Å². The Hall–Kier alpha value is -2.70. The summed E-state index contributed by atoms with van der Waals surface area (Å²) in [7, 11) is 1.65. The van der Waals surface area contributed by atoms with Crippen molar-refractivity contribution in [3.63, 3.8) is 0 Å². The van der Waals surface area contributed by atoms with Crippen LogP contribution in [0.5, 0.6) is 5.75 Å². The summed E-state index contributed by atoms with van der Waals surface area (Å²) in [6.07, 6.45) is 1.91. The van der Waals surface area contributed by atoms with Crippen LogP contribution in [-0.2, 0) is 0 Å². The second-order valence-electron chi connectivity index (χ2n) is 7.33. The third-order valence-electron chi connectivity index (χ3n) is 5.43. The second kappa shape index (κ2) is 8.98. The average Bonchev–Trinajstić information content (AvgIpc) is 2.79. The number of hydrogen-bond acceptors (Lipinski definition) is 4. The molecule has 0 atom stereocenters. The Labute approximate surface area is 185 Å². The Morgan fingerprint density at radius 2 is 1.87 bits per heavy atom. The standard InChI is InChI=1S/C24H24BrN3O2/c1-3-10-27-11-13-28(14-12-27)24(29)21-16-23(17-4-7-19(30-2)8-5-17)26-22-9-6-18(25)15-20(21)22/h3-9,15-16H,1,10-14H2,2H3. The van der Waals surface area contributed by atoms with E-state index in [1.807, 2.05) is 59.5 Å². The molecule has 0 aliphatic carbocycles. The highest BCUT2D eigenvalue weighted by Gasteiger charge is 2.24. The molecule has 1 aliphatic heterocycles. The number of carbonyl (C=O) groups is 1. The minimum Gasteiger partial charge on any atom is -0.497 e. The SMILES string of the molecule is C=CCN1CCN(C(=O)c2cc(-c3ccc(OC)cc3)nc3ccc(Br)cc23)CC1. The molecule has 0 saturated carbocycles. The quantitative estimate of drug-likeness (QED) is 0.515. The maximum atomic E-state index is 13.5. The van der Waals surface area contributed by atoms with Gasteiger partial charge in [-0.25, -0.2) is 4.98 Å². The number of ether oxygens (including phenoxy) is 1. The van der Waals surface area contributed by atoms with Gasteiger partial charge in [0.25, 0.3) is 5.91 Å². The number of aromatic nitrogens is 1. The summed E-state index contributed by atoms with van der Waals surface area (Å²) in [5.41, 5.74) is 3.22. The van der Waals surface area contributed by atoms with Crippen LogP contribution in [0.4, 0.5) is 0 Å². The molecule has 1 fully saturated rings. The number of hydrogen-bond donors (Lipinski definition) is 0. The van der Waals surface area contributed by atoms with Crippen molar-refractivity contribution in [1.82, 2.24) is 14.8 Å². The molecule has 2 heterocycles. The van der Waals surface area contributed by atoms with Crippen molar-refractivity contribution >= 4 is 32.7 Å². The number of pyridine rings is 1. The van der Waals surface area contributed by atoms with E-state index in [2.05, 4.69) is 27.4 Å². The number of fused-ring (bicyclic) bond motifs is 1. The van der Waals surface area contributed by atoms with Crippen LogP contribution in [0.1, 0.15) is 10.4 Å². The van der Waals surface area contributed by atoms with Gasteiger partial charge in [0.1, 0.15) is 5.75 Å². The molecule has 3 aromatic rings. The number of piperazine rings is 1. The second-order valence-corrected chi connectivity index (χ2v) is 8.24. The van der Waals surface area contributed by atoms with Crippen LogP contribution in [-0.4, -0.2) is 60.5 Å². The van der Waals surface area contributed by atoms with E-state index in [-0.39, 0.29) is 5.91 Å². The zero-order valence-corrected chi connectivity index (χ0v) is 18.6. The molecule has 5 nitrogen and oxygen atoms in total. The minimum absolute atomic E-state index is 0.0496. The first-order valence-electron chi connectivity index (χ1n) is 9.96. The van der Waals surface area contributed by atoms with Crippen molar-refractivity contribution in [3.8, 4) is 17.0 Å². The summed E-state index contributed by atoms with van der Waals surface area (Å²) in [6.45, 7) is 7.80. The van der Waals surface area contributed by atoms with Crippen molar-refractivity contribution in [3.05, 3.63) is 71.2 Å². The highest BCUT2D eigenvalue weighted by Crippen LogP contribution is 2.29. The normalized spacial score (nSPS) is 14.7. The monoisotopic (exact) mass is 465 g/mol. The van der Waals surface area contributed by atoms with Gasteiger partial charge in [-0.3, -0.25) is 9.69 Å². The lowest BCUT2D eigenvalue weighted by Gasteiger charge is -2.34. The maximum absolute atomic E-state index is 13.5. The highest BCUT2D eigenvalue weighted by atomic mass is 79.9. The van der Waals surface area contributed by atoms with Crippen LogP contribution in [0, 0.1) is 0 Å². The Morgan fingerprint density at radius 1 is 1.13 bits per heavy atom. The topological polar surface area (TPSA) is 45.7 Å². The van der Waals surface area contributed by atoms with E-state index in [1.165, 1.54) is 0 Å².